The van der Waals surface area contributed by atoms with Crippen LogP contribution in [0.4, 0.5) is 0 Å². The lowest BCUT2D eigenvalue weighted by molar-refractivity contribution is -0.142. The molecule has 1 N–H and O–H groups in total. The van der Waals surface area contributed by atoms with Crippen LogP contribution >= 0.6 is 0 Å². The Morgan fingerprint density at radius 3 is 2.23 bits per heavy atom. The van der Waals surface area contributed by atoms with Crippen molar-refractivity contribution in [1.82, 2.24) is 0 Å². The molecule has 0 aromatic rings. The molecular formula is C7H9NO5. The maximum atomic E-state index is 11.0. The van der Waals surface area contributed by atoms with Crippen molar-refractivity contribution in [1.29, 1.82) is 0 Å². The highest BCUT2D eigenvalue weighted by atomic mass is 16.5. The molecule has 6 nitrogen and oxygen atoms in total. The molecule has 0 heterocycles. The fourth-order valence-corrected chi connectivity index (χ4v) is 0.610. The van der Waals surface area contributed by atoms with Gasteiger partial charge in [-0.3, -0.25) is 14.4 Å². The molecule has 6 heteroatoms. The number of nitrogens with zero attached hydrogens (tertiary/aromatic N) is 1. The number of ether oxygens (including phenoxy) is 1. The Hall–Kier alpha value is -1.72. The van der Waals surface area contributed by atoms with Crippen LogP contribution in [0, 0.1) is 0 Å². The van der Waals surface area contributed by atoms with Gasteiger partial charge in [0.25, 0.3) is 0 Å². The number of rotatable bonds is 4. The van der Waals surface area contributed by atoms with Crippen LogP contribution in [0.25, 0.3) is 0 Å². The third kappa shape index (κ3) is 3.46. The van der Waals surface area contributed by atoms with E-state index < -0.39 is 29.7 Å². The van der Waals surface area contributed by atoms with E-state index in [-0.39, 0.29) is 0 Å². The molecule has 0 fully saturated rings. The zero-order valence-electron chi connectivity index (χ0n) is 7.23. The van der Waals surface area contributed by atoms with Gasteiger partial charge in [0.05, 0.1) is 7.11 Å². The molecule has 0 bridgehead atoms. The number of esters is 1. The van der Waals surface area contributed by atoms with E-state index in [0.29, 0.717) is 0 Å². The van der Waals surface area contributed by atoms with Crippen molar-refractivity contribution in [2.75, 3.05) is 7.11 Å². The minimum Gasteiger partial charge on any atom is -0.469 e. The van der Waals surface area contributed by atoms with E-state index in [1.54, 1.807) is 0 Å². The highest BCUT2D eigenvalue weighted by Gasteiger charge is 2.20. The van der Waals surface area contributed by atoms with Crippen LogP contribution in [0.3, 0.4) is 0 Å². The summed E-state index contributed by atoms with van der Waals surface area (Å²) in [7, 11) is 1.11. The smallest absolute Gasteiger partial charge is 0.313 e. The van der Waals surface area contributed by atoms with Gasteiger partial charge in [0, 0.05) is 6.92 Å². The largest absolute Gasteiger partial charge is 0.469 e. The van der Waals surface area contributed by atoms with Gasteiger partial charge < -0.3 is 9.94 Å². The molecule has 0 saturated heterocycles. The van der Waals surface area contributed by atoms with E-state index in [4.69, 9.17) is 5.21 Å². The number of ketones is 2. The second-order valence-electron chi connectivity index (χ2n) is 2.18. The molecule has 0 aromatic heterocycles. The lowest BCUT2D eigenvalue weighted by Gasteiger charge is -1.97. The SMILES string of the molecule is COC(=O)CC(=O)/C(=N\O)C(C)=O. The first-order chi connectivity index (χ1) is 6.02. The predicted molar refractivity (Wildman–Crippen MR) is 41.5 cm³/mol. The van der Waals surface area contributed by atoms with E-state index in [2.05, 4.69) is 9.89 Å². The van der Waals surface area contributed by atoms with Gasteiger partial charge in [-0.05, 0) is 0 Å². The highest BCUT2D eigenvalue weighted by molar-refractivity contribution is 6.66. The summed E-state index contributed by atoms with van der Waals surface area (Å²) in [5.74, 6) is -2.34. The predicted octanol–water partition coefficient (Wildman–Crippen LogP) is -0.462. The Balaban J connectivity index is 4.42. The van der Waals surface area contributed by atoms with E-state index in [1.165, 1.54) is 0 Å². The molecule has 0 rings (SSSR count). The number of carbonyl (C=O) groups is 3. The highest BCUT2D eigenvalue weighted by Crippen LogP contribution is 1.92. The van der Waals surface area contributed by atoms with Gasteiger partial charge in [-0.1, -0.05) is 5.16 Å². The maximum Gasteiger partial charge on any atom is 0.313 e. The van der Waals surface area contributed by atoms with Gasteiger partial charge in [-0.15, -0.1) is 0 Å². The quantitative estimate of drug-likeness (QED) is 0.211. The summed E-state index contributed by atoms with van der Waals surface area (Å²) >= 11 is 0. The van der Waals surface area contributed by atoms with Gasteiger partial charge >= 0.3 is 5.97 Å². The summed E-state index contributed by atoms with van der Waals surface area (Å²) in [5, 5.41) is 10.7. The zero-order chi connectivity index (χ0) is 10.4. The fraction of sp³-hybridized carbons (Fsp3) is 0.429. The van der Waals surface area contributed by atoms with Gasteiger partial charge in [-0.2, -0.15) is 0 Å². The van der Waals surface area contributed by atoms with Crippen LogP contribution in [-0.4, -0.2) is 35.6 Å². The minimum atomic E-state index is -0.859. The first kappa shape index (κ1) is 11.3. The second kappa shape index (κ2) is 5.02. The summed E-state index contributed by atoms with van der Waals surface area (Å²) in [5.41, 5.74) is -0.648. The average Bonchev–Trinajstić information content (AvgIpc) is 2.04. The fourth-order valence-electron chi connectivity index (χ4n) is 0.610. The van der Waals surface area contributed by atoms with Crippen LogP contribution in [0.1, 0.15) is 13.3 Å². The molecule has 72 valence electrons. The Labute approximate surface area is 74.2 Å². The Kier molecular flexibility index (Phi) is 4.36. The molecule has 0 amide bonds. The van der Waals surface area contributed by atoms with Gasteiger partial charge in [0.2, 0.25) is 0 Å². The topological polar surface area (TPSA) is 93.0 Å². The van der Waals surface area contributed by atoms with Crippen molar-refractivity contribution in [2.45, 2.75) is 13.3 Å². The first-order valence-corrected chi connectivity index (χ1v) is 3.36. The molecule has 0 aliphatic heterocycles. The lowest BCUT2D eigenvalue weighted by atomic mass is 10.1. The molecule has 0 spiro atoms. The maximum absolute atomic E-state index is 11.0. The van der Waals surface area contributed by atoms with Crippen molar-refractivity contribution in [3.8, 4) is 0 Å². The third-order valence-corrected chi connectivity index (χ3v) is 1.23. The van der Waals surface area contributed by atoms with Crippen LogP contribution in [0.5, 0.6) is 0 Å². The molecule has 0 aromatic carbocycles. The Bertz CT molecular complexity index is 268. The number of carbonyl (C=O) groups excluding carboxylic acids is 3. The number of Topliss-reactive ketones (excluding diaryl/α,β-unsaturated/α-hetero) is 2. The summed E-state index contributed by atoms with van der Waals surface area (Å²) < 4.78 is 4.19. The summed E-state index contributed by atoms with van der Waals surface area (Å²) in [6.07, 6.45) is -0.602. The summed E-state index contributed by atoms with van der Waals surface area (Å²) in [4.78, 5) is 32.2. The molecule has 13 heavy (non-hydrogen) atoms. The van der Waals surface area contributed by atoms with Crippen LogP contribution < -0.4 is 0 Å². The zero-order valence-corrected chi connectivity index (χ0v) is 7.23. The van der Waals surface area contributed by atoms with Crippen molar-refractivity contribution >= 4 is 23.2 Å². The van der Waals surface area contributed by atoms with Crippen LogP contribution in [0.15, 0.2) is 5.16 Å². The van der Waals surface area contributed by atoms with Gasteiger partial charge in [0.15, 0.2) is 17.3 Å². The number of hydrogen-bond acceptors (Lipinski definition) is 6. The van der Waals surface area contributed by atoms with E-state index in [0.717, 1.165) is 14.0 Å². The van der Waals surface area contributed by atoms with E-state index >= 15 is 0 Å². The van der Waals surface area contributed by atoms with Crippen LogP contribution in [-0.2, 0) is 19.1 Å². The number of methoxy groups -OCH3 is 1. The monoisotopic (exact) mass is 187 g/mol. The van der Waals surface area contributed by atoms with E-state index in [9.17, 15) is 14.4 Å². The van der Waals surface area contributed by atoms with Crippen molar-refractivity contribution < 1.29 is 24.3 Å². The van der Waals surface area contributed by atoms with Crippen molar-refractivity contribution in [3.05, 3.63) is 0 Å². The normalized spacial score (nSPS) is 10.8. The molecule has 0 radical (unpaired) electrons. The average molecular weight is 187 g/mol. The van der Waals surface area contributed by atoms with Crippen molar-refractivity contribution in [2.24, 2.45) is 5.16 Å². The summed E-state index contributed by atoms with van der Waals surface area (Å²) in [6.45, 7) is 1.06. The third-order valence-electron chi connectivity index (χ3n) is 1.23. The molecular weight excluding hydrogens is 178 g/mol. The van der Waals surface area contributed by atoms with Crippen LogP contribution in [0.2, 0.25) is 0 Å². The van der Waals surface area contributed by atoms with Gasteiger partial charge in [0.1, 0.15) is 6.42 Å². The molecule has 0 saturated carbocycles. The second-order valence-corrected chi connectivity index (χ2v) is 2.18. The Morgan fingerprint density at radius 2 is 1.92 bits per heavy atom. The van der Waals surface area contributed by atoms with Crippen molar-refractivity contribution in [3.63, 3.8) is 0 Å². The number of hydrogen-bond donors (Lipinski definition) is 1. The molecule has 0 atom stereocenters. The molecule has 0 aliphatic rings. The molecule has 0 unspecified atom stereocenters. The standard InChI is InChI=1S/C7H9NO5/c1-4(9)7(8-12)5(10)3-6(11)13-2/h12H,3H2,1-2H3/b8-7-. The summed E-state index contributed by atoms with van der Waals surface area (Å²) in [6, 6.07) is 0. The van der Waals surface area contributed by atoms with Gasteiger partial charge in [-0.25, -0.2) is 0 Å². The Morgan fingerprint density at radius 1 is 1.38 bits per heavy atom. The minimum absolute atomic E-state index is 0.602. The lowest BCUT2D eigenvalue weighted by Crippen LogP contribution is -2.24. The molecule has 0 aliphatic carbocycles. The van der Waals surface area contributed by atoms with E-state index in [1.807, 2.05) is 0 Å². The number of oxime groups is 1. The first-order valence-electron chi connectivity index (χ1n) is 3.36.